The quantitative estimate of drug-likeness (QED) is 0.400. The highest BCUT2D eigenvalue weighted by Gasteiger charge is 2.57. The molecule has 1 saturated carbocycles. The van der Waals surface area contributed by atoms with Crippen LogP contribution in [-0.4, -0.2) is 64.7 Å². The number of benzene rings is 2. The van der Waals surface area contributed by atoms with Crippen molar-refractivity contribution in [1.82, 2.24) is 10.2 Å². The summed E-state index contributed by atoms with van der Waals surface area (Å²) in [6, 6.07) is 15.5. The Hall–Kier alpha value is -4.08. The van der Waals surface area contributed by atoms with Crippen molar-refractivity contribution in [3.8, 4) is 5.75 Å². The molecule has 0 radical (unpaired) electrons. The summed E-state index contributed by atoms with van der Waals surface area (Å²) in [6.07, 6.45) is 2.90. The lowest BCUT2D eigenvalue weighted by molar-refractivity contribution is -0.150. The van der Waals surface area contributed by atoms with E-state index in [1.807, 2.05) is 51.1 Å². The predicted molar refractivity (Wildman–Crippen MR) is 156 cm³/mol. The van der Waals surface area contributed by atoms with Gasteiger partial charge in [-0.25, -0.2) is 9.59 Å². The predicted octanol–water partition coefficient (Wildman–Crippen LogP) is 4.33. The second kappa shape index (κ2) is 12.8. The second-order valence-corrected chi connectivity index (χ2v) is 12.2. The van der Waals surface area contributed by atoms with E-state index >= 15 is 0 Å². The maximum Gasteiger partial charge on any atom is 0.407 e. The number of primary amides is 1. The summed E-state index contributed by atoms with van der Waals surface area (Å²) < 4.78 is 11.4. The number of carbonyl (C=O) groups excluding carboxylic acids is 3. The van der Waals surface area contributed by atoms with Gasteiger partial charge in [0.2, 0.25) is 11.8 Å². The molecule has 3 amide bonds. The Bertz CT molecular complexity index is 1270. The monoisotopic (exact) mass is 579 g/mol. The van der Waals surface area contributed by atoms with E-state index in [1.54, 1.807) is 4.90 Å². The molecule has 10 nitrogen and oxygen atoms in total. The van der Waals surface area contributed by atoms with Crippen LogP contribution in [0.1, 0.15) is 74.7 Å². The molecule has 2 aliphatic rings. The molecule has 1 saturated heterocycles. The third kappa shape index (κ3) is 7.03. The maximum atomic E-state index is 14.1. The molecular formula is C32H41N3O7. The molecular weight excluding hydrogens is 538 g/mol. The van der Waals surface area contributed by atoms with E-state index in [4.69, 9.17) is 15.2 Å². The number of ether oxygens (including phenoxy) is 2. The zero-order chi connectivity index (χ0) is 30.5. The van der Waals surface area contributed by atoms with Gasteiger partial charge in [-0.05, 0) is 88.6 Å². The fourth-order valence-corrected chi connectivity index (χ4v) is 6.14. The minimum Gasteiger partial charge on any atom is -0.491 e. The minimum atomic E-state index is -1.42. The summed E-state index contributed by atoms with van der Waals surface area (Å²) in [5.74, 6) is -1.84. The Balaban J connectivity index is 1.49. The van der Waals surface area contributed by atoms with Gasteiger partial charge >= 0.3 is 12.1 Å². The summed E-state index contributed by atoms with van der Waals surface area (Å²) >= 11 is 0. The lowest BCUT2D eigenvalue weighted by Crippen LogP contribution is -2.63. The number of amides is 3. The number of nitrogens with one attached hydrogen (secondary N) is 1. The summed E-state index contributed by atoms with van der Waals surface area (Å²) in [6.45, 7) is 6.14. The molecule has 2 fully saturated rings. The van der Waals surface area contributed by atoms with Crippen LogP contribution < -0.4 is 15.8 Å². The SMILES string of the molecule is CC(C)(C)OC(=O)NC[C@H]1CC[C@H](C(=O)N2CC[C@@H](c3ccccc3)[C@]2(COc2ccc(C(=O)O)cc2)C(N)=O)CC1. The normalized spacial score (nSPS) is 24.1. The van der Waals surface area contributed by atoms with Crippen LogP contribution in [0.15, 0.2) is 54.6 Å². The summed E-state index contributed by atoms with van der Waals surface area (Å²) in [4.78, 5) is 52.4. The van der Waals surface area contributed by atoms with E-state index in [-0.39, 0.29) is 35.8 Å². The first-order chi connectivity index (χ1) is 19.9. The van der Waals surface area contributed by atoms with Crippen LogP contribution in [0.2, 0.25) is 0 Å². The van der Waals surface area contributed by atoms with Gasteiger partial charge in [0.1, 0.15) is 18.0 Å². The Morgan fingerprint density at radius 1 is 0.976 bits per heavy atom. The standard InChI is InChI=1S/C32H41N3O7/c1-31(2,3)42-30(40)34-19-21-9-11-23(12-10-21)27(36)35-18-17-26(22-7-5-4-6-8-22)32(35,29(33)39)20-41-25-15-13-24(14-16-25)28(37)38/h4-8,13-16,21,23,26H,9-12,17-20H2,1-3H3,(H2,33,39)(H,34,40)(H,37,38)/t21-,23-,26-,32+/m0/s1. The van der Waals surface area contributed by atoms with Gasteiger partial charge in [0, 0.05) is 24.9 Å². The van der Waals surface area contributed by atoms with Gasteiger partial charge in [-0.1, -0.05) is 30.3 Å². The molecule has 2 aromatic carbocycles. The molecule has 2 aromatic rings. The lowest BCUT2D eigenvalue weighted by Gasteiger charge is -2.41. The van der Waals surface area contributed by atoms with Gasteiger partial charge in [0.25, 0.3) is 0 Å². The van der Waals surface area contributed by atoms with E-state index in [0.717, 1.165) is 18.4 Å². The number of rotatable bonds is 9. The van der Waals surface area contributed by atoms with Crippen molar-refractivity contribution < 1.29 is 33.8 Å². The van der Waals surface area contributed by atoms with Crippen molar-refractivity contribution in [1.29, 1.82) is 0 Å². The van der Waals surface area contributed by atoms with E-state index in [9.17, 15) is 24.3 Å². The zero-order valence-corrected chi connectivity index (χ0v) is 24.5. The molecule has 0 unspecified atom stereocenters. The molecule has 42 heavy (non-hydrogen) atoms. The van der Waals surface area contributed by atoms with Crippen LogP contribution in [0.5, 0.6) is 5.75 Å². The van der Waals surface area contributed by atoms with Crippen molar-refractivity contribution in [2.45, 2.75) is 69.9 Å². The first kappa shape index (κ1) is 30.9. The summed E-state index contributed by atoms with van der Waals surface area (Å²) in [5.41, 5.74) is 5.16. The summed E-state index contributed by atoms with van der Waals surface area (Å²) in [5, 5.41) is 12.0. The molecule has 2 atom stereocenters. The number of nitrogens with zero attached hydrogens (tertiary/aromatic N) is 1. The van der Waals surface area contributed by atoms with E-state index in [1.165, 1.54) is 24.3 Å². The average molecular weight is 580 g/mol. The largest absolute Gasteiger partial charge is 0.491 e. The highest BCUT2D eigenvalue weighted by atomic mass is 16.6. The van der Waals surface area contributed by atoms with Crippen LogP contribution in [-0.2, 0) is 14.3 Å². The van der Waals surface area contributed by atoms with E-state index in [2.05, 4.69) is 5.32 Å². The number of aromatic carboxylic acids is 1. The van der Waals surface area contributed by atoms with Gasteiger partial charge in [-0.2, -0.15) is 0 Å². The van der Waals surface area contributed by atoms with Gasteiger partial charge in [0.15, 0.2) is 5.54 Å². The molecule has 4 N–H and O–H groups in total. The molecule has 1 aliphatic heterocycles. The van der Waals surface area contributed by atoms with Crippen molar-refractivity contribution in [2.24, 2.45) is 17.6 Å². The number of likely N-dealkylation sites (tertiary alicyclic amines) is 1. The van der Waals surface area contributed by atoms with Gasteiger partial charge < -0.3 is 30.5 Å². The number of nitrogens with two attached hydrogens (primary N) is 1. The molecule has 0 aromatic heterocycles. The Morgan fingerprint density at radius 3 is 2.19 bits per heavy atom. The number of hydrogen-bond acceptors (Lipinski definition) is 6. The lowest BCUT2D eigenvalue weighted by atomic mass is 9.77. The topological polar surface area (TPSA) is 148 Å². The van der Waals surface area contributed by atoms with Gasteiger partial charge in [-0.3, -0.25) is 9.59 Å². The first-order valence-electron chi connectivity index (χ1n) is 14.5. The summed E-state index contributed by atoms with van der Waals surface area (Å²) in [7, 11) is 0. The van der Waals surface area contributed by atoms with Crippen molar-refractivity contribution in [3.05, 3.63) is 65.7 Å². The number of alkyl carbamates (subject to hydrolysis) is 1. The second-order valence-electron chi connectivity index (χ2n) is 12.2. The molecule has 1 aliphatic carbocycles. The molecule has 1 heterocycles. The molecule has 4 rings (SSSR count). The van der Waals surface area contributed by atoms with E-state index in [0.29, 0.717) is 38.1 Å². The van der Waals surface area contributed by atoms with Crippen molar-refractivity contribution in [2.75, 3.05) is 19.7 Å². The average Bonchev–Trinajstić information content (AvgIpc) is 3.35. The van der Waals surface area contributed by atoms with Crippen LogP contribution in [0.3, 0.4) is 0 Å². The first-order valence-corrected chi connectivity index (χ1v) is 14.5. The van der Waals surface area contributed by atoms with Crippen molar-refractivity contribution >= 4 is 23.9 Å². The van der Waals surface area contributed by atoms with Crippen LogP contribution in [0.25, 0.3) is 0 Å². The highest BCUT2D eigenvalue weighted by molar-refractivity contribution is 5.93. The van der Waals surface area contributed by atoms with Crippen molar-refractivity contribution in [3.63, 3.8) is 0 Å². The van der Waals surface area contributed by atoms with Gasteiger partial charge in [0.05, 0.1) is 5.56 Å². The Morgan fingerprint density at radius 2 is 1.62 bits per heavy atom. The number of carboxylic acid groups (broad SMARTS) is 1. The number of carboxylic acids is 1. The highest BCUT2D eigenvalue weighted by Crippen LogP contribution is 2.44. The third-order valence-electron chi connectivity index (χ3n) is 8.28. The molecule has 0 bridgehead atoms. The fraction of sp³-hybridized carbons (Fsp3) is 0.500. The van der Waals surface area contributed by atoms with Crippen LogP contribution >= 0.6 is 0 Å². The minimum absolute atomic E-state index is 0.115. The zero-order valence-electron chi connectivity index (χ0n) is 24.5. The smallest absolute Gasteiger partial charge is 0.407 e. The number of hydrogen-bond donors (Lipinski definition) is 3. The maximum absolute atomic E-state index is 14.1. The molecule has 10 heteroatoms. The molecule has 0 spiro atoms. The van der Waals surface area contributed by atoms with Crippen LogP contribution in [0.4, 0.5) is 4.79 Å². The Kier molecular flexibility index (Phi) is 9.43. The van der Waals surface area contributed by atoms with E-state index < -0.39 is 29.1 Å². The Labute approximate surface area is 246 Å². The third-order valence-corrected chi connectivity index (χ3v) is 8.28. The van der Waals surface area contributed by atoms with Crippen LogP contribution in [0, 0.1) is 11.8 Å². The number of carbonyl (C=O) groups is 4. The molecule has 226 valence electrons. The van der Waals surface area contributed by atoms with Gasteiger partial charge in [-0.15, -0.1) is 0 Å². The fourth-order valence-electron chi connectivity index (χ4n) is 6.14.